The van der Waals surface area contributed by atoms with Gasteiger partial charge < -0.3 is 15.8 Å². The Balaban J connectivity index is 2.50. The van der Waals surface area contributed by atoms with Crippen LogP contribution in [-0.2, 0) is 4.79 Å². The van der Waals surface area contributed by atoms with Crippen LogP contribution < -0.4 is 15.8 Å². The maximum absolute atomic E-state index is 11.5. The molecule has 1 aromatic carbocycles. The summed E-state index contributed by atoms with van der Waals surface area (Å²) >= 11 is 0. The molecule has 3 N–H and O–H groups in total. The van der Waals surface area contributed by atoms with Crippen LogP contribution in [0, 0.1) is 13.8 Å². The molecule has 0 unspecified atom stereocenters. The summed E-state index contributed by atoms with van der Waals surface area (Å²) < 4.78 is 5.47. The first kappa shape index (κ1) is 13.5. The van der Waals surface area contributed by atoms with Crippen LogP contribution in [0.3, 0.4) is 0 Å². The van der Waals surface area contributed by atoms with Gasteiger partial charge in [-0.2, -0.15) is 0 Å². The first-order chi connectivity index (χ1) is 8.02. The largest absolute Gasteiger partial charge is 0.483 e. The van der Waals surface area contributed by atoms with Crippen LogP contribution in [-0.4, -0.2) is 25.1 Å². The molecule has 1 amide bonds. The van der Waals surface area contributed by atoms with Crippen molar-refractivity contribution in [3.05, 3.63) is 29.3 Å². The maximum atomic E-state index is 11.5. The van der Waals surface area contributed by atoms with Crippen molar-refractivity contribution in [3.8, 4) is 5.75 Å². The number of aryl methyl sites for hydroxylation is 2. The third-order valence-electron chi connectivity index (χ3n) is 2.46. The number of carbonyl (C=O) groups is 1. The molecule has 0 aromatic heterocycles. The molecule has 1 atom stereocenters. The second-order valence-electron chi connectivity index (χ2n) is 4.26. The van der Waals surface area contributed by atoms with Gasteiger partial charge in [0.1, 0.15) is 5.75 Å². The van der Waals surface area contributed by atoms with E-state index in [1.54, 1.807) is 0 Å². The minimum Gasteiger partial charge on any atom is -0.483 e. The van der Waals surface area contributed by atoms with E-state index in [1.807, 2.05) is 39.0 Å². The van der Waals surface area contributed by atoms with Gasteiger partial charge >= 0.3 is 0 Å². The van der Waals surface area contributed by atoms with Crippen molar-refractivity contribution < 1.29 is 9.53 Å². The van der Waals surface area contributed by atoms with Gasteiger partial charge in [-0.15, -0.1) is 0 Å². The monoisotopic (exact) mass is 236 g/mol. The van der Waals surface area contributed by atoms with Gasteiger partial charge in [-0.05, 0) is 38.0 Å². The normalized spacial score (nSPS) is 12.0. The lowest BCUT2D eigenvalue weighted by Crippen LogP contribution is -2.40. The Morgan fingerprint density at radius 3 is 2.82 bits per heavy atom. The molecule has 4 nitrogen and oxygen atoms in total. The van der Waals surface area contributed by atoms with Gasteiger partial charge in [0.2, 0.25) is 0 Å². The fourth-order valence-electron chi connectivity index (χ4n) is 1.38. The molecule has 0 fully saturated rings. The van der Waals surface area contributed by atoms with E-state index >= 15 is 0 Å². The number of carbonyl (C=O) groups excluding carboxylic acids is 1. The number of hydrogen-bond acceptors (Lipinski definition) is 3. The topological polar surface area (TPSA) is 64.3 Å². The molecule has 0 aliphatic rings. The molecular weight excluding hydrogens is 216 g/mol. The second-order valence-corrected chi connectivity index (χ2v) is 4.26. The van der Waals surface area contributed by atoms with Crippen LogP contribution in [0.25, 0.3) is 0 Å². The molecule has 4 heteroatoms. The molecule has 17 heavy (non-hydrogen) atoms. The SMILES string of the molecule is Cc1ccc(C)c(OCC(=O)N[C@@H](C)CN)c1. The lowest BCUT2D eigenvalue weighted by molar-refractivity contribution is -0.123. The predicted molar refractivity (Wildman–Crippen MR) is 68.1 cm³/mol. The minimum atomic E-state index is -0.149. The Morgan fingerprint density at radius 1 is 1.47 bits per heavy atom. The molecule has 0 aliphatic heterocycles. The summed E-state index contributed by atoms with van der Waals surface area (Å²) in [6.07, 6.45) is 0. The number of benzene rings is 1. The Labute approximate surface area is 102 Å². The number of hydrogen-bond donors (Lipinski definition) is 2. The summed E-state index contributed by atoms with van der Waals surface area (Å²) in [5.74, 6) is 0.601. The molecule has 1 rings (SSSR count). The van der Waals surface area contributed by atoms with Crippen molar-refractivity contribution in [1.82, 2.24) is 5.32 Å². The van der Waals surface area contributed by atoms with Gasteiger partial charge in [0.25, 0.3) is 5.91 Å². The summed E-state index contributed by atoms with van der Waals surface area (Å²) in [6, 6.07) is 5.89. The summed E-state index contributed by atoms with van der Waals surface area (Å²) in [5.41, 5.74) is 7.55. The molecule has 0 heterocycles. The van der Waals surface area contributed by atoms with Gasteiger partial charge in [0, 0.05) is 12.6 Å². The van der Waals surface area contributed by atoms with Gasteiger partial charge in [0.05, 0.1) is 0 Å². The molecule has 0 saturated heterocycles. The van der Waals surface area contributed by atoms with Gasteiger partial charge in [-0.25, -0.2) is 0 Å². The Morgan fingerprint density at radius 2 is 2.18 bits per heavy atom. The average molecular weight is 236 g/mol. The zero-order chi connectivity index (χ0) is 12.8. The Bertz CT molecular complexity index is 391. The first-order valence-electron chi connectivity index (χ1n) is 5.72. The number of ether oxygens (including phenoxy) is 1. The number of nitrogens with two attached hydrogens (primary N) is 1. The highest BCUT2D eigenvalue weighted by molar-refractivity contribution is 5.77. The van der Waals surface area contributed by atoms with Crippen LogP contribution in [0.1, 0.15) is 18.1 Å². The second kappa shape index (κ2) is 6.25. The van der Waals surface area contributed by atoms with Crippen molar-refractivity contribution in [3.63, 3.8) is 0 Å². The zero-order valence-corrected chi connectivity index (χ0v) is 10.6. The smallest absolute Gasteiger partial charge is 0.258 e. The van der Waals surface area contributed by atoms with Crippen molar-refractivity contribution in [2.24, 2.45) is 5.73 Å². The van der Waals surface area contributed by atoms with E-state index in [4.69, 9.17) is 10.5 Å². The standard InChI is InChI=1S/C13H20N2O2/c1-9-4-5-10(2)12(6-9)17-8-13(16)15-11(3)7-14/h4-6,11H,7-8,14H2,1-3H3,(H,15,16)/t11-/m0/s1. The van der Waals surface area contributed by atoms with Crippen molar-refractivity contribution in [1.29, 1.82) is 0 Å². The number of amides is 1. The molecule has 1 aromatic rings. The fourth-order valence-corrected chi connectivity index (χ4v) is 1.38. The highest BCUT2D eigenvalue weighted by atomic mass is 16.5. The first-order valence-corrected chi connectivity index (χ1v) is 5.72. The van der Waals surface area contributed by atoms with Gasteiger partial charge in [0.15, 0.2) is 6.61 Å². The lowest BCUT2D eigenvalue weighted by atomic mass is 10.1. The zero-order valence-electron chi connectivity index (χ0n) is 10.6. The molecule has 0 spiro atoms. The van der Waals surface area contributed by atoms with Crippen LogP contribution in [0.15, 0.2) is 18.2 Å². The molecule has 0 saturated carbocycles. The van der Waals surface area contributed by atoms with Crippen molar-refractivity contribution in [2.45, 2.75) is 26.8 Å². The number of nitrogens with one attached hydrogen (secondary N) is 1. The predicted octanol–water partition coefficient (Wildman–Crippen LogP) is 1.15. The lowest BCUT2D eigenvalue weighted by Gasteiger charge is -2.13. The molecule has 94 valence electrons. The van der Waals surface area contributed by atoms with E-state index in [1.165, 1.54) is 0 Å². The third-order valence-corrected chi connectivity index (χ3v) is 2.46. The van der Waals surface area contributed by atoms with Crippen molar-refractivity contribution >= 4 is 5.91 Å². The highest BCUT2D eigenvalue weighted by Gasteiger charge is 2.07. The van der Waals surface area contributed by atoms with Gasteiger partial charge in [-0.1, -0.05) is 12.1 Å². The van der Waals surface area contributed by atoms with E-state index in [0.29, 0.717) is 6.54 Å². The summed E-state index contributed by atoms with van der Waals surface area (Å²) in [6.45, 7) is 6.25. The fraction of sp³-hybridized carbons (Fsp3) is 0.462. The molecule has 0 bridgehead atoms. The quantitative estimate of drug-likeness (QED) is 0.806. The van der Waals surface area contributed by atoms with E-state index in [9.17, 15) is 4.79 Å². The summed E-state index contributed by atoms with van der Waals surface area (Å²) in [4.78, 5) is 11.5. The van der Waals surface area contributed by atoms with E-state index in [-0.39, 0.29) is 18.6 Å². The minimum absolute atomic E-state index is 0.0225. The van der Waals surface area contributed by atoms with E-state index in [2.05, 4.69) is 5.32 Å². The average Bonchev–Trinajstić information content (AvgIpc) is 2.30. The third kappa shape index (κ3) is 4.44. The maximum Gasteiger partial charge on any atom is 0.258 e. The van der Waals surface area contributed by atoms with Crippen molar-refractivity contribution in [2.75, 3.05) is 13.2 Å². The Hall–Kier alpha value is -1.55. The number of rotatable bonds is 5. The highest BCUT2D eigenvalue weighted by Crippen LogP contribution is 2.18. The van der Waals surface area contributed by atoms with Crippen LogP contribution in [0.5, 0.6) is 5.75 Å². The molecular formula is C13H20N2O2. The van der Waals surface area contributed by atoms with Gasteiger partial charge in [-0.3, -0.25) is 4.79 Å². The van der Waals surface area contributed by atoms with Crippen LogP contribution >= 0.6 is 0 Å². The summed E-state index contributed by atoms with van der Waals surface area (Å²) in [7, 11) is 0. The van der Waals surface area contributed by atoms with Crippen LogP contribution in [0.4, 0.5) is 0 Å². The molecule has 0 radical (unpaired) electrons. The molecule has 0 aliphatic carbocycles. The van der Waals surface area contributed by atoms with E-state index in [0.717, 1.165) is 16.9 Å². The summed E-state index contributed by atoms with van der Waals surface area (Å²) in [5, 5.41) is 2.74. The van der Waals surface area contributed by atoms with Crippen LogP contribution in [0.2, 0.25) is 0 Å². The van der Waals surface area contributed by atoms with E-state index < -0.39 is 0 Å². The Kier molecular flexibility index (Phi) is 4.97.